The van der Waals surface area contributed by atoms with Crippen LogP contribution in [0.1, 0.15) is 23.7 Å². The molecule has 0 aliphatic rings. The van der Waals surface area contributed by atoms with Crippen molar-refractivity contribution in [3.63, 3.8) is 0 Å². The molecule has 0 heterocycles. The maximum absolute atomic E-state index is 13.3. The first kappa shape index (κ1) is 20.9. The molecule has 2 rings (SSSR count). The van der Waals surface area contributed by atoms with Crippen LogP contribution in [-0.4, -0.2) is 24.3 Å². The van der Waals surface area contributed by atoms with Crippen LogP contribution in [0, 0.1) is 5.82 Å². The van der Waals surface area contributed by atoms with E-state index in [4.69, 9.17) is 11.6 Å². The molecule has 0 saturated carbocycles. The maximum atomic E-state index is 13.3. The molecule has 0 radical (unpaired) electrons. The highest BCUT2D eigenvalue weighted by Crippen LogP contribution is 2.26. The van der Waals surface area contributed by atoms with Gasteiger partial charge in [0.1, 0.15) is 5.82 Å². The van der Waals surface area contributed by atoms with Crippen molar-refractivity contribution in [2.24, 2.45) is 0 Å². The molecule has 3 N–H and O–H groups in total. The Bertz CT molecular complexity index is 892. The number of benzene rings is 2. The second-order valence-corrected chi connectivity index (χ2v) is 6.84. The molecule has 0 unspecified atom stereocenters. The molecule has 142 valence electrons. The third kappa shape index (κ3) is 6.33. The number of anilines is 2. The number of hydrogen-bond acceptors (Lipinski definition) is 3. The van der Waals surface area contributed by atoms with Gasteiger partial charge in [0, 0.05) is 29.4 Å². The first-order valence-electron chi connectivity index (χ1n) is 7.86. The maximum Gasteiger partial charge on any atom is 0.252 e. The minimum absolute atomic E-state index is 0.0231. The van der Waals surface area contributed by atoms with Crippen molar-refractivity contribution in [3.8, 4) is 0 Å². The molecule has 6 nitrogen and oxygen atoms in total. The largest absolute Gasteiger partial charge is 0.351 e. The summed E-state index contributed by atoms with van der Waals surface area (Å²) in [7, 11) is 0. The highest BCUT2D eigenvalue weighted by Gasteiger charge is 2.13. The van der Waals surface area contributed by atoms with E-state index in [9.17, 15) is 18.8 Å². The van der Waals surface area contributed by atoms with E-state index in [1.807, 2.05) is 0 Å². The fourth-order valence-corrected chi connectivity index (χ4v) is 2.79. The molecule has 0 saturated heterocycles. The zero-order valence-corrected chi connectivity index (χ0v) is 16.6. The summed E-state index contributed by atoms with van der Waals surface area (Å²) in [6.45, 7) is 1.39. The van der Waals surface area contributed by atoms with E-state index in [0.29, 0.717) is 20.9 Å². The second-order valence-electron chi connectivity index (χ2n) is 5.55. The van der Waals surface area contributed by atoms with Gasteiger partial charge >= 0.3 is 0 Å². The Morgan fingerprint density at radius 3 is 2.52 bits per heavy atom. The molecule has 0 aliphatic heterocycles. The summed E-state index contributed by atoms with van der Waals surface area (Å²) < 4.78 is 13.7. The van der Waals surface area contributed by atoms with Crippen LogP contribution in [0.25, 0.3) is 0 Å². The Hall–Kier alpha value is -2.45. The van der Waals surface area contributed by atoms with Crippen molar-refractivity contribution in [1.82, 2.24) is 5.32 Å². The van der Waals surface area contributed by atoms with Crippen LogP contribution in [0.2, 0.25) is 5.02 Å². The van der Waals surface area contributed by atoms with Gasteiger partial charge in [-0.05, 0) is 52.3 Å². The molecule has 0 spiro atoms. The van der Waals surface area contributed by atoms with Gasteiger partial charge in [0.05, 0.1) is 16.9 Å². The minimum Gasteiger partial charge on any atom is -0.351 e. The lowest BCUT2D eigenvalue weighted by Gasteiger charge is -2.12. The van der Waals surface area contributed by atoms with Crippen LogP contribution in [0.3, 0.4) is 0 Å². The van der Waals surface area contributed by atoms with Gasteiger partial charge in [-0.25, -0.2) is 4.39 Å². The third-order valence-corrected chi connectivity index (χ3v) is 4.30. The lowest BCUT2D eigenvalue weighted by atomic mass is 10.2. The number of carbonyl (C=O) groups is 3. The number of nitrogens with one attached hydrogen (secondary N) is 3. The minimum atomic E-state index is -0.535. The highest BCUT2D eigenvalue weighted by atomic mass is 79.9. The summed E-state index contributed by atoms with van der Waals surface area (Å²) in [5.41, 5.74) is 0.896. The molecule has 0 atom stereocenters. The van der Waals surface area contributed by atoms with Gasteiger partial charge in [0.25, 0.3) is 5.91 Å². The molecular weight excluding hydrogens is 441 g/mol. The van der Waals surface area contributed by atoms with Gasteiger partial charge in [-0.2, -0.15) is 0 Å². The third-order valence-electron chi connectivity index (χ3n) is 3.38. The highest BCUT2D eigenvalue weighted by molar-refractivity contribution is 9.10. The molecule has 0 bridgehead atoms. The van der Waals surface area contributed by atoms with E-state index in [1.54, 1.807) is 12.1 Å². The molecule has 0 fully saturated rings. The van der Waals surface area contributed by atoms with Gasteiger partial charge in [0.2, 0.25) is 11.8 Å². The van der Waals surface area contributed by atoms with Crippen molar-refractivity contribution in [2.75, 3.05) is 17.2 Å². The van der Waals surface area contributed by atoms with E-state index in [2.05, 4.69) is 31.9 Å². The number of carbonyl (C=O) groups excluding carboxylic acids is 3. The fourth-order valence-electron chi connectivity index (χ4n) is 2.19. The Balaban J connectivity index is 1.93. The number of halogens is 3. The standard InChI is InChI=1S/C18H16BrClFN3O3/c1-10(25)23-15-5-2-11(20)8-16(15)24-17(26)6-7-22-18(27)13-9-12(21)3-4-14(13)19/h2-5,8-9H,6-7H2,1H3,(H,22,27)(H,23,25)(H,24,26). The predicted octanol–water partition coefficient (Wildman–Crippen LogP) is 3.96. The van der Waals surface area contributed by atoms with Gasteiger partial charge in [-0.1, -0.05) is 11.6 Å². The van der Waals surface area contributed by atoms with Gasteiger partial charge in [0.15, 0.2) is 0 Å². The first-order chi connectivity index (χ1) is 12.8. The van der Waals surface area contributed by atoms with Crippen LogP contribution < -0.4 is 16.0 Å². The predicted molar refractivity (Wildman–Crippen MR) is 105 cm³/mol. The summed E-state index contributed by atoms with van der Waals surface area (Å²) in [4.78, 5) is 35.4. The molecule has 3 amide bonds. The average Bonchev–Trinajstić information content (AvgIpc) is 2.59. The molecule has 2 aromatic carbocycles. The Labute approximate surface area is 168 Å². The molecule has 0 aliphatic carbocycles. The van der Waals surface area contributed by atoms with Crippen LogP contribution in [-0.2, 0) is 9.59 Å². The SMILES string of the molecule is CC(=O)Nc1ccc(Cl)cc1NC(=O)CCNC(=O)c1cc(F)ccc1Br. The van der Waals surface area contributed by atoms with E-state index in [1.165, 1.54) is 25.1 Å². The molecule has 27 heavy (non-hydrogen) atoms. The van der Waals surface area contributed by atoms with E-state index < -0.39 is 11.7 Å². The molecule has 2 aromatic rings. The number of hydrogen-bond donors (Lipinski definition) is 3. The molecular formula is C18H16BrClFN3O3. The summed E-state index contributed by atoms with van der Waals surface area (Å²) in [6.07, 6.45) is -0.0231. The lowest BCUT2D eigenvalue weighted by molar-refractivity contribution is -0.116. The lowest BCUT2D eigenvalue weighted by Crippen LogP contribution is -2.28. The fraction of sp³-hybridized carbons (Fsp3) is 0.167. The molecule has 0 aromatic heterocycles. The van der Waals surface area contributed by atoms with E-state index in [-0.39, 0.29) is 30.3 Å². The van der Waals surface area contributed by atoms with E-state index >= 15 is 0 Å². The quantitative estimate of drug-likeness (QED) is 0.615. The number of amides is 3. The van der Waals surface area contributed by atoms with Crippen molar-refractivity contribution in [3.05, 3.63) is 57.3 Å². The van der Waals surface area contributed by atoms with Crippen molar-refractivity contribution >= 4 is 56.6 Å². The normalized spacial score (nSPS) is 10.2. The summed E-state index contributed by atoms with van der Waals surface area (Å²) in [5, 5.41) is 8.16. The first-order valence-corrected chi connectivity index (χ1v) is 9.03. The van der Waals surface area contributed by atoms with Crippen LogP contribution >= 0.6 is 27.5 Å². The Kier molecular flexibility index (Phi) is 7.32. The summed E-state index contributed by atoms with van der Waals surface area (Å²) in [5.74, 6) is -1.72. The summed E-state index contributed by atoms with van der Waals surface area (Å²) >= 11 is 9.10. The van der Waals surface area contributed by atoms with Gasteiger partial charge in [-0.3, -0.25) is 14.4 Å². The van der Waals surface area contributed by atoms with Crippen molar-refractivity contribution < 1.29 is 18.8 Å². The molecule has 9 heteroatoms. The van der Waals surface area contributed by atoms with Crippen molar-refractivity contribution in [1.29, 1.82) is 0 Å². The summed E-state index contributed by atoms with van der Waals surface area (Å²) in [6, 6.07) is 8.42. The van der Waals surface area contributed by atoms with Crippen LogP contribution in [0.4, 0.5) is 15.8 Å². The van der Waals surface area contributed by atoms with Gasteiger partial charge < -0.3 is 16.0 Å². The van der Waals surface area contributed by atoms with Gasteiger partial charge in [-0.15, -0.1) is 0 Å². The second kappa shape index (κ2) is 9.48. The number of rotatable bonds is 6. The Morgan fingerprint density at radius 2 is 1.81 bits per heavy atom. The zero-order valence-electron chi connectivity index (χ0n) is 14.2. The van der Waals surface area contributed by atoms with E-state index in [0.717, 1.165) is 6.07 Å². The van der Waals surface area contributed by atoms with Crippen LogP contribution in [0.15, 0.2) is 40.9 Å². The smallest absolute Gasteiger partial charge is 0.252 e. The zero-order chi connectivity index (χ0) is 20.0. The monoisotopic (exact) mass is 455 g/mol. The topological polar surface area (TPSA) is 87.3 Å². The Morgan fingerprint density at radius 1 is 1.07 bits per heavy atom. The van der Waals surface area contributed by atoms with Crippen molar-refractivity contribution in [2.45, 2.75) is 13.3 Å². The average molecular weight is 457 g/mol. The van der Waals surface area contributed by atoms with Crippen LogP contribution in [0.5, 0.6) is 0 Å².